The van der Waals surface area contributed by atoms with Crippen molar-refractivity contribution in [1.82, 2.24) is 15.2 Å². The molecule has 0 spiro atoms. The quantitative estimate of drug-likeness (QED) is 0.943. The first-order valence-electron chi connectivity index (χ1n) is 7.63. The smallest absolute Gasteiger partial charge is 0.265 e. The Morgan fingerprint density at radius 2 is 2.18 bits per heavy atom. The number of carbonyl (C=O) groups excluding carboxylic acids is 1. The van der Waals surface area contributed by atoms with Crippen LogP contribution in [0.2, 0.25) is 0 Å². The van der Waals surface area contributed by atoms with Crippen molar-refractivity contribution in [2.75, 3.05) is 20.1 Å². The van der Waals surface area contributed by atoms with Gasteiger partial charge >= 0.3 is 0 Å². The lowest BCUT2D eigenvalue weighted by atomic mass is 10.2. The third kappa shape index (κ3) is 3.20. The second-order valence-corrected chi connectivity index (χ2v) is 6.83. The molecule has 1 fully saturated rings. The topological polar surface area (TPSA) is 45.2 Å². The van der Waals surface area contributed by atoms with Gasteiger partial charge in [0.25, 0.3) is 5.91 Å². The van der Waals surface area contributed by atoms with Crippen LogP contribution in [0.25, 0.3) is 0 Å². The predicted octanol–water partition coefficient (Wildman–Crippen LogP) is 2.48. The number of likely N-dealkylation sites (N-methyl/N-ethyl adjacent to an activating group) is 1. The molecule has 0 saturated carbocycles. The van der Waals surface area contributed by atoms with Crippen molar-refractivity contribution in [2.45, 2.75) is 25.8 Å². The molecule has 1 aliphatic rings. The number of thiazole rings is 1. The molecule has 1 saturated heterocycles. The lowest BCUT2D eigenvalue weighted by molar-refractivity contribution is 0.0747. The number of nitrogens with zero attached hydrogens (tertiary/aromatic N) is 2. The molecule has 1 N–H and O–H groups in total. The first-order chi connectivity index (χ1) is 10.6. The second-order valence-electron chi connectivity index (χ2n) is 5.75. The first kappa shape index (κ1) is 15.2. The molecule has 3 rings (SSSR count). The highest BCUT2D eigenvalue weighted by molar-refractivity contribution is 7.13. The van der Waals surface area contributed by atoms with Crippen LogP contribution in [0, 0.1) is 6.92 Å². The Labute approximate surface area is 135 Å². The minimum atomic E-state index is 0.100. The van der Waals surface area contributed by atoms with Gasteiger partial charge in [-0.1, -0.05) is 30.3 Å². The molecule has 1 aromatic carbocycles. The van der Waals surface area contributed by atoms with Crippen molar-refractivity contribution in [3.63, 3.8) is 0 Å². The fraction of sp³-hybridized carbons (Fsp3) is 0.412. The van der Waals surface area contributed by atoms with Crippen molar-refractivity contribution in [3.05, 3.63) is 51.5 Å². The van der Waals surface area contributed by atoms with E-state index in [0.717, 1.165) is 41.5 Å². The fourth-order valence-electron chi connectivity index (χ4n) is 2.79. The number of benzene rings is 1. The standard InChI is InChI=1S/C17H21N3OS/c1-12-16(17(21)20(2)14-8-9-18-11-14)22-15(19-12)10-13-6-4-3-5-7-13/h3-7,14,18H,8-11H2,1-2H3. The zero-order valence-electron chi connectivity index (χ0n) is 13.0. The van der Waals surface area contributed by atoms with Gasteiger partial charge in [0.05, 0.1) is 10.7 Å². The highest BCUT2D eigenvalue weighted by Gasteiger charge is 2.26. The molecule has 1 aromatic heterocycles. The molecule has 1 amide bonds. The Morgan fingerprint density at radius 3 is 2.86 bits per heavy atom. The highest BCUT2D eigenvalue weighted by Crippen LogP contribution is 2.23. The van der Waals surface area contributed by atoms with Crippen LogP contribution >= 0.6 is 11.3 Å². The Morgan fingerprint density at radius 1 is 1.41 bits per heavy atom. The summed E-state index contributed by atoms with van der Waals surface area (Å²) in [5, 5.41) is 4.31. The molecule has 0 aliphatic carbocycles. The molecule has 1 aliphatic heterocycles. The lowest BCUT2D eigenvalue weighted by Crippen LogP contribution is -2.38. The average Bonchev–Trinajstić information content (AvgIpc) is 3.17. The van der Waals surface area contributed by atoms with Gasteiger partial charge in [-0.3, -0.25) is 4.79 Å². The maximum Gasteiger partial charge on any atom is 0.265 e. The molecular formula is C17H21N3OS. The maximum absolute atomic E-state index is 12.7. The van der Waals surface area contributed by atoms with Gasteiger partial charge in [-0.05, 0) is 25.5 Å². The number of hydrogen-bond donors (Lipinski definition) is 1. The van der Waals surface area contributed by atoms with Gasteiger partial charge in [-0.15, -0.1) is 11.3 Å². The maximum atomic E-state index is 12.7. The van der Waals surface area contributed by atoms with Crippen LogP contribution in [-0.4, -0.2) is 42.0 Å². The summed E-state index contributed by atoms with van der Waals surface area (Å²) >= 11 is 1.53. The Bertz CT molecular complexity index is 647. The minimum absolute atomic E-state index is 0.100. The van der Waals surface area contributed by atoms with E-state index in [1.165, 1.54) is 16.9 Å². The van der Waals surface area contributed by atoms with Gasteiger partial charge in [0, 0.05) is 26.1 Å². The monoisotopic (exact) mass is 315 g/mol. The summed E-state index contributed by atoms with van der Waals surface area (Å²) in [5.74, 6) is 0.100. The van der Waals surface area contributed by atoms with Crippen molar-refractivity contribution >= 4 is 17.2 Å². The van der Waals surface area contributed by atoms with Crippen molar-refractivity contribution in [1.29, 1.82) is 0 Å². The third-order valence-electron chi connectivity index (χ3n) is 4.14. The van der Waals surface area contributed by atoms with E-state index in [1.807, 2.05) is 37.1 Å². The molecule has 4 nitrogen and oxygen atoms in total. The molecule has 0 radical (unpaired) electrons. The predicted molar refractivity (Wildman–Crippen MR) is 89.5 cm³/mol. The normalized spacial score (nSPS) is 17.6. The summed E-state index contributed by atoms with van der Waals surface area (Å²) < 4.78 is 0. The molecule has 116 valence electrons. The zero-order chi connectivity index (χ0) is 15.5. The Kier molecular flexibility index (Phi) is 4.55. The molecular weight excluding hydrogens is 294 g/mol. The minimum Gasteiger partial charge on any atom is -0.337 e. The first-order valence-corrected chi connectivity index (χ1v) is 8.45. The molecule has 2 heterocycles. The number of nitrogens with one attached hydrogen (secondary N) is 1. The van der Waals surface area contributed by atoms with E-state index >= 15 is 0 Å². The summed E-state index contributed by atoms with van der Waals surface area (Å²) in [6, 6.07) is 10.6. The number of aromatic nitrogens is 1. The van der Waals surface area contributed by atoms with Crippen molar-refractivity contribution in [2.24, 2.45) is 0 Å². The number of hydrogen-bond acceptors (Lipinski definition) is 4. The van der Waals surface area contributed by atoms with Crippen LogP contribution in [0.15, 0.2) is 30.3 Å². The van der Waals surface area contributed by atoms with Gasteiger partial charge in [0.1, 0.15) is 4.88 Å². The Balaban J connectivity index is 1.75. The van der Waals surface area contributed by atoms with E-state index < -0.39 is 0 Å². The van der Waals surface area contributed by atoms with E-state index in [1.54, 1.807) is 0 Å². The highest BCUT2D eigenvalue weighted by atomic mass is 32.1. The van der Waals surface area contributed by atoms with Crippen LogP contribution in [-0.2, 0) is 6.42 Å². The summed E-state index contributed by atoms with van der Waals surface area (Å²) in [5.41, 5.74) is 2.07. The summed E-state index contributed by atoms with van der Waals surface area (Å²) in [6.07, 6.45) is 1.81. The van der Waals surface area contributed by atoms with E-state index in [4.69, 9.17) is 0 Å². The number of carbonyl (C=O) groups is 1. The van der Waals surface area contributed by atoms with E-state index in [-0.39, 0.29) is 5.91 Å². The molecule has 2 aromatic rings. The summed E-state index contributed by atoms with van der Waals surface area (Å²) in [4.78, 5) is 19.9. The molecule has 5 heteroatoms. The van der Waals surface area contributed by atoms with Gasteiger partial charge < -0.3 is 10.2 Å². The van der Waals surface area contributed by atoms with E-state index in [9.17, 15) is 4.79 Å². The van der Waals surface area contributed by atoms with Gasteiger partial charge in [-0.25, -0.2) is 4.98 Å². The fourth-order valence-corrected chi connectivity index (χ4v) is 3.87. The number of aryl methyl sites for hydroxylation is 1. The molecule has 1 unspecified atom stereocenters. The Hall–Kier alpha value is -1.72. The van der Waals surface area contributed by atoms with Crippen LogP contribution in [0.1, 0.15) is 32.4 Å². The van der Waals surface area contributed by atoms with Crippen LogP contribution in [0.5, 0.6) is 0 Å². The third-order valence-corrected chi connectivity index (χ3v) is 5.28. The van der Waals surface area contributed by atoms with Crippen molar-refractivity contribution < 1.29 is 4.79 Å². The average molecular weight is 315 g/mol. The van der Waals surface area contributed by atoms with E-state index in [2.05, 4.69) is 22.4 Å². The number of rotatable bonds is 4. The largest absolute Gasteiger partial charge is 0.337 e. The SMILES string of the molecule is Cc1nc(Cc2ccccc2)sc1C(=O)N(C)C1CCNC1. The van der Waals surface area contributed by atoms with Crippen LogP contribution in [0.3, 0.4) is 0 Å². The number of amides is 1. The molecule has 1 atom stereocenters. The van der Waals surface area contributed by atoms with Crippen LogP contribution < -0.4 is 5.32 Å². The summed E-state index contributed by atoms with van der Waals surface area (Å²) in [6.45, 7) is 3.80. The van der Waals surface area contributed by atoms with Gasteiger partial charge in [0.15, 0.2) is 0 Å². The van der Waals surface area contributed by atoms with Gasteiger partial charge in [-0.2, -0.15) is 0 Å². The van der Waals surface area contributed by atoms with Crippen LogP contribution in [0.4, 0.5) is 0 Å². The van der Waals surface area contributed by atoms with Gasteiger partial charge in [0.2, 0.25) is 0 Å². The summed E-state index contributed by atoms with van der Waals surface area (Å²) in [7, 11) is 1.90. The second kappa shape index (κ2) is 6.58. The molecule has 22 heavy (non-hydrogen) atoms. The zero-order valence-corrected chi connectivity index (χ0v) is 13.8. The lowest BCUT2D eigenvalue weighted by Gasteiger charge is -2.23. The molecule has 0 bridgehead atoms. The van der Waals surface area contributed by atoms with Crippen molar-refractivity contribution in [3.8, 4) is 0 Å². The van der Waals surface area contributed by atoms with E-state index in [0.29, 0.717) is 6.04 Å².